The molecule has 2 aliphatic carbocycles. The highest BCUT2D eigenvalue weighted by Gasteiger charge is 2.32. The Morgan fingerprint density at radius 3 is 1.92 bits per heavy atom. The molecule has 2 aliphatic rings. The summed E-state index contributed by atoms with van der Waals surface area (Å²) in [7, 11) is 0. The van der Waals surface area contributed by atoms with E-state index in [9.17, 15) is 0 Å². The van der Waals surface area contributed by atoms with Crippen molar-refractivity contribution in [2.75, 3.05) is 4.90 Å². The molecule has 0 saturated heterocycles. The Morgan fingerprint density at radius 1 is 0.604 bits per heavy atom. The van der Waals surface area contributed by atoms with Gasteiger partial charge in [0.15, 0.2) is 0 Å². The number of anilines is 2. The van der Waals surface area contributed by atoms with E-state index in [1.807, 2.05) is 0 Å². The SMILES string of the molecule is CC1c2ccccc2C=CC1N(c1cc(C(C)(C)C)cc(C(C)(C)C)c1)c1ccccc1-c1cccc2cccc(C3CCCCC3)c12. The van der Waals surface area contributed by atoms with Gasteiger partial charge in [-0.3, -0.25) is 0 Å². The van der Waals surface area contributed by atoms with Crippen LogP contribution in [0.4, 0.5) is 11.4 Å². The molecule has 1 fully saturated rings. The lowest BCUT2D eigenvalue weighted by atomic mass is 9.79. The molecule has 0 spiro atoms. The Labute approximate surface area is 289 Å². The Hall–Kier alpha value is -4.10. The molecule has 1 nitrogen and oxygen atoms in total. The van der Waals surface area contributed by atoms with Crippen LogP contribution in [0.1, 0.15) is 120 Å². The summed E-state index contributed by atoms with van der Waals surface area (Å²) in [6.45, 7) is 16.5. The number of rotatable bonds is 5. The van der Waals surface area contributed by atoms with Crippen LogP contribution in [0.3, 0.4) is 0 Å². The lowest BCUT2D eigenvalue weighted by Crippen LogP contribution is -2.36. The highest BCUT2D eigenvalue weighted by Crippen LogP contribution is 2.47. The summed E-state index contributed by atoms with van der Waals surface area (Å²) >= 11 is 0. The summed E-state index contributed by atoms with van der Waals surface area (Å²) in [5, 5.41) is 2.79. The van der Waals surface area contributed by atoms with Crippen LogP contribution in [-0.2, 0) is 10.8 Å². The lowest BCUT2D eigenvalue weighted by molar-refractivity contribution is 0.445. The molecule has 0 radical (unpaired) electrons. The number of hydrogen-bond acceptors (Lipinski definition) is 1. The van der Waals surface area contributed by atoms with Crippen LogP contribution >= 0.6 is 0 Å². The predicted octanol–water partition coefficient (Wildman–Crippen LogP) is 13.5. The van der Waals surface area contributed by atoms with Gasteiger partial charge in [-0.1, -0.05) is 165 Å². The van der Waals surface area contributed by atoms with Gasteiger partial charge in [-0.25, -0.2) is 0 Å². The van der Waals surface area contributed by atoms with Gasteiger partial charge >= 0.3 is 0 Å². The fourth-order valence-corrected chi connectivity index (χ4v) is 8.29. The third-order valence-corrected chi connectivity index (χ3v) is 11.1. The third-order valence-electron chi connectivity index (χ3n) is 11.1. The van der Waals surface area contributed by atoms with Gasteiger partial charge < -0.3 is 4.90 Å². The van der Waals surface area contributed by atoms with Crippen molar-refractivity contribution in [2.24, 2.45) is 0 Å². The fraction of sp³-hybridized carbons (Fsp3) is 0.362. The van der Waals surface area contributed by atoms with E-state index in [2.05, 4.69) is 169 Å². The smallest absolute Gasteiger partial charge is 0.0591 e. The highest BCUT2D eigenvalue weighted by atomic mass is 15.2. The summed E-state index contributed by atoms with van der Waals surface area (Å²) < 4.78 is 0. The van der Waals surface area contributed by atoms with Gasteiger partial charge in [0.1, 0.15) is 0 Å². The van der Waals surface area contributed by atoms with E-state index in [4.69, 9.17) is 0 Å². The molecule has 5 aromatic rings. The van der Waals surface area contributed by atoms with E-state index in [0.29, 0.717) is 11.8 Å². The van der Waals surface area contributed by atoms with Crippen LogP contribution in [0.2, 0.25) is 0 Å². The molecule has 7 rings (SSSR count). The quantitative estimate of drug-likeness (QED) is 0.187. The van der Waals surface area contributed by atoms with E-state index in [-0.39, 0.29) is 16.9 Å². The monoisotopic (exact) mass is 631 g/mol. The minimum atomic E-state index is 0.0202. The summed E-state index contributed by atoms with van der Waals surface area (Å²) in [4.78, 5) is 2.68. The van der Waals surface area contributed by atoms with Crippen molar-refractivity contribution in [2.45, 2.75) is 109 Å². The Balaban J connectivity index is 1.49. The first kappa shape index (κ1) is 32.4. The molecule has 1 heteroatoms. The van der Waals surface area contributed by atoms with E-state index in [1.54, 1.807) is 0 Å². The molecule has 2 atom stereocenters. The Kier molecular flexibility index (Phi) is 8.61. The Bertz CT molecular complexity index is 1920. The van der Waals surface area contributed by atoms with Crippen molar-refractivity contribution in [1.29, 1.82) is 0 Å². The first-order valence-corrected chi connectivity index (χ1v) is 18.3. The molecule has 0 heterocycles. The minimum Gasteiger partial charge on any atom is -0.333 e. The summed E-state index contributed by atoms with van der Waals surface area (Å²) in [5.41, 5.74) is 12.3. The Morgan fingerprint density at radius 2 is 1.21 bits per heavy atom. The van der Waals surface area contributed by atoms with Crippen LogP contribution in [-0.4, -0.2) is 6.04 Å². The van der Waals surface area contributed by atoms with Crippen molar-refractivity contribution in [3.05, 3.63) is 137 Å². The molecule has 0 aliphatic heterocycles. The summed E-state index contributed by atoms with van der Waals surface area (Å²) in [6.07, 6.45) is 11.4. The van der Waals surface area contributed by atoms with E-state index in [0.717, 1.165) is 0 Å². The van der Waals surface area contributed by atoms with Gasteiger partial charge in [0.25, 0.3) is 0 Å². The molecule has 1 saturated carbocycles. The van der Waals surface area contributed by atoms with Gasteiger partial charge in [-0.05, 0) is 91.9 Å². The molecule has 246 valence electrons. The molecular formula is C47H53N. The van der Waals surface area contributed by atoms with Crippen LogP contribution in [0, 0.1) is 0 Å². The normalized spacial score (nSPS) is 18.6. The number of hydrogen-bond donors (Lipinski definition) is 0. The van der Waals surface area contributed by atoms with Crippen LogP contribution in [0.5, 0.6) is 0 Å². The van der Waals surface area contributed by atoms with E-state index in [1.165, 1.54) is 93.2 Å². The topological polar surface area (TPSA) is 3.24 Å². The standard InChI is InChI=1S/C47H53N/c1-32-39-22-12-11-19-34(39)27-28-43(32)48(38-30-36(46(2,3)4)29-37(31-38)47(5,6)7)44-26-14-13-23-41(44)42-25-16-21-35-20-15-24-40(45(35)42)33-17-9-8-10-18-33/h11-16,19-33,43H,8-10,17-18H2,1-7H3. The molecule has 0 aromatic heterocycles. The van der Waals surface area contributed by atoms with Crippen LogP contribution < -0.4 is 4.90 Å². The molecule has 48 heavy (non-hydrogen) atoms. The van der Waals surface area contributed by atoms with Gasteiger partial charge in [0.05, 0.1) is 6.04 Å². The molecule has 5 aromatic carbocycles. The van der Waals surface area contributed by atoms with Crippen LogP contribution in [0.15, 0.2) is 109 Å². The second-order valence-corrected chi connectivity index (χ2v) is 16.5. The number of nitrogens with zero attached hydrogens (tertiary/aromatic N) is 1. The lowest BCUT2D eigenvalue weighted by Gasteiger charge is -2.40. The molecular weight excluding hydrogens is 579 g/mol. The highest BCUT2D eigenvalue weighted by molar-refractivity contribution is 6.02. The third kappa shape index (κ3) is 6.13. The second-order valence-electron chi connectivity index (χ2n) is 16.5. The molecule has 2 unspecified atom stereocenters. The zero-order chi connectivity index (χ0) is 33.6. The van der Waals surface area contributed by atoms with Crippen LogP contribution in [0.25, 0.3) is 28.0 Å². The first-order valence-electron chi connectivity index (χ1n) is 18.3. The van der Waals surface area contributed by atoms with Crippen molar-refractivity contribution in [3.8, 4) is 11.1 Å². The number of fused-ring (bicyclic) bond motifs is 2. The van der Waals surface area contributed by atoms with Crippen molar-refractivity contribution >= 4 is 28.2 Å². The summed E-state index contributed by atoms with van der Waals surface area (Å²) in [6, 6.07) is 39.7. The zero-order valence-electron chi connectivity index (χ0n) is 30.2. The predicted molar refractivity (Wildman–Crippen MR) is 209 cm³/mol. The summed E-state index contributed by atoms with van der Waals surface area (Å²) in [5.74, 6) is 0.934. The maximum Gasteiger partial charge on any atom is 0.0591 e. The second kappa shape index (κ2) is 12.7. The fourth-order valence-electron chi connectivity index (χ4n) is 8.29. The van der Waals surface area contributed by atoms with Crippen molar-refractivity contribution in [3.63, 3.8) is 0 Å². The van der Waals surface area contributed by atoms with Crippen molar-refractivity contribution < 1.29 is 0 Å². The molecule has 0 bridgehead atoms. The van der Waals surface area contributed by atoms with E-state index < -0.39 is 0 Å². The average Bonchev–Trinajstić information content (AvgIpc) is 3.09. The van der Waals surface area contributed by atoms with Gasteiger partial charge in [0, 0.05) is 22.9 Å². The van der Waals surface area contributed by atoms with Crippen molar-refractivity contribution in [1.82, 2.24) is 0 Å². The van der Waals surface area contributed by atoms with E-state index >= 15 is 0 Å². The molecule has 0 N–H and O–H groups in total. The maximum atomic E-state index is 2.68. The van der Waals surface area contributed by atoms with Gasteiger partial charge in [0.2, 0.25) is 0 Å². The minimum absolute atomic E-state index is 0.0202. The number of para-hydroxylation sites is 1. The average molecular weight is 632 g/mol. The zero-order valence-corrected chi connectivity index (χ0v) is 30.2. The van der Waals surface area contributed by atoms with Gasteiger partial charge in [-0.15, -0.1) is 0 Å². The van der Waals surface area contributed by atoms with Gasteiger partial charge in [-0.2, -0.15) is 0 Å². The maximum absolute atomic E-state index is 2.68. The molecule has 0 amide bonds. The first-order chi connectivity index (χ1) is 23.0. The largest absolute Gasteiger partial charge is 0.333 e. The number of benzene rings is 5.